The number of aromatic nitrogens is 1. The summed E-state index contributed by atoms with van der Waals surface area (Å²) in [5, 5.41) is 1.12. The van der Waals surface area contributed by atoms with E-state index >= 15 is 0 Å². The summed E-state index contributed by atoms with van der Waals surface area (Å²) in [5.41, 5.74) is 4.33. The third-order valence-electron chi connectivity index (χ3n) is 5.71. The molecule has 0 unspecified atom stereocenters. The predicted octanol–water partition coefficient (Wildman–Crippen LogP) is 5.04. The number of pyridine rings is 1. The highest BCUT2D eigenvalue weighted by Crippen LogP contribution is 2.27. The summed E-state index contributed by atoms with van der Waals surface area (Å²) in [6, 6.07) is 18.6. The molecule has 1 fully saturated rings. The first-order valence-electron chi connectivity index (χ1n) is 10.00. The Labute approximate surface area is 165 Å². The molecule has 1 aliphatic rings. The van der Waals surface area contributed by atoms with E-state index < -0.39 is 6.17 Å². The zero-order valence-corrected chi connectivity index (χ0v) is 16.1. The van der Waals surface area contributed by atoms with E-state index in [2.05, 4.69) is 41.4 Å². The summed E-state index contributed by atoms with van der Waals surface area (Å²) in [7, 11) is 0. The lowest BCUT2D eigenvalue weighted by atomic mass is 9.88. The Kier molecular flexibility index (Phi) is 5.38. The maximum Gasteiger partial charge on any atom is 0.222 e. The molecule has 28 heavy (non-hydrogen) atoms. The Hall–Kier alpha value is -2.75. The van der Waals surface area contributed by atoms with Crippen molar-refractivity contribution in [1.82, 2.24) is 9.88 Å². The van der Waals surface area contributed by atoms with Gasteiger partial charge in [0.05, 0.1) is 12.1 Å². The fraction of sp³-hybridized carbons (Fsp3) is 0.333. The molecular formula is C24H25FN2O. The van der Waals surface area contributed by atoms with Crippen molar-refractivity contribution in [2.24, 2.45) is 5.92 Å². The van der Waals surface area contributed by atoms with Crippen molar-refractivity contribution in [3.8, 4) is 11.1 Å². The second-order valence-electron chi connectivity index (χ2n) is 7.58. The van der Waals surface area contributed by atoms with Crippen LogP contribution in [0.5, 0.6) is 0 Å². The molecule has 1 aliphatic heterocycles. The van der Waals surface area contributed by atoms with Crippen molar-refractivity contribution >= 4 is 16.8 Å². The Bertz CT molecular complexity index is 970. The number of halogens is 1. The molecule has 3 aromatic rings. The molecule has 1 amide bonds. The molecule has 0 bridgehead atoms. The molecule has 2 heterocycles. The number of benzene rings is 2. The third-order valence-corrected chi connectivity index (χ3v) is 5.71. The largest absolute Gasteiger partial charge is 0.340 e. The minimum Gasteiger partial charge on any atom is -0.340 e. The molecular weight excluding hydrogens is 351 g/mol. The zero-order chi connectivity index (χ0) is 19.5. The molecule has 1 aromatic heterocycles. The molecule has 4 rings (SSSR count). The topological polar surface area (TPSA) is 33.2 Å². The van der Waals surface area contributed by atoms with E-state index in [1.165, 1.54) is 0 Å². The normalized spacial score (nSPS) is 19.7. The van der Waals surface area contributed by atoms with Crippen molar-refractivity contribution in [1.29, 1.82) is 0 Å². The molecule has 2 atom stereocenters. The number of fused-ring (bicyclic) bond motifs is 1. The third kappa shape index (κ3) is 3.91. The zero-order valence-electron chi connectivity index (χ0n) is 16.1. The highest BCUT2D eigenvalue weighted by molar-refractivity contribution is 5.83. The number of para-hydroxylation sites is 1. The van der Waals surface area contributed by atoms with Crippen LogP contribution in [0, 0.1) is 5.92 Å². The molecule has 0 spiro atoms. The van der Waals surface area contributed by atoms with E-state index in [1.807, 2.05) is 31.3 Å². The van der Waals surface area contributed by atoms with Gasteiger partial charge >= 0.3 is 0 Å². The Morgan fingerprint density at radius 3 is 2.68 bits per heavy atom. The predicted molar refractivity (Wildman–Crippen MR) is 111 cm³/mol. The average Bonchev–Trinajstić information content (AvgIpc) is 2.74. The number of hydrogen-bond donors (Lipinski definition) is 0. The van der Waals surface area contributed by atoms with Gasteiger partial charge in [-0.3, -0.25) is 9.78 Å². The number of hydrogen-bond acceptors (Lipinski definition) is 2. The van der Waals surface area contributed by atoms with E-state index in [0.29, 0.717) is 19.4 Å². The van der Waals surface area contributed by atoms with Crippen LogP contribution in [0.4, 0.5) is 4.39 Å². The SMILES string of the molecule is CCC(=O)N1CC[C@@H](Cc2ccc(-c3cnc4ccccc4c3)cc2)[C@@H](F)C1. The molecule has 4 heteroatoms. The van der Waals surface area contributed by atoms with Gasteiger partial charge in [0.25, 0.3) is 0 Å². The van der Waals surface area contributed by atoms with Crippen LogP contribution in [0.1, 0.15) is 25.3 Å². The molecule has 1 saturated heterocycles. The molecule has 144 valence electrons. The number of alkyl halides is 1. The molecule has 3 nitrogen and oxygen atoms in total. The maximum atomic E-state index is 14.6. The molecule has 0 saturated carbocycles. The Morgan fingerprint density at radius 1 is 1.14 bits per heavy atom. The first-order valence-corrected chi connectivity index (χ1v) is 10.00. The fourth-order valence-corrected chi connectivity index (χ4v) is 4.00. The highest BCUT2D eigenvalue weighted by Gasteiger charge is 2.30. The highest BCUT2D eigenvalue weighted by atomic mass is 19.1. The lowest BCUT2D eigenvalue weighted by Crippen LogP contribution is -2.45. The number of amides is 1. The summed E-state index contributed by atoms with van der Waals surface area (Å²) in [5.74, 6) is 0.0311. The van der Waals surface area contributed by atoms with Crippen LogP contribution in [0.3, 0.4) is 0 Å². The standard InChI is InChI=1S/C24H25FN2O/c1-2-24(28)27-12-11-19(22(25)16-27)13-17-7-9-18(10-8-17)21-14-20-5-3-4-6-23(20)26-15-21/h3-10,14-15,19,22H,2,11-13,16H2,1H3/t19-,22-/m0/s1. The van der Waals surface area contributed by atoms with E-state index in [-0.39, 0.29) is 18.4 Å². The Morgan fingerprint density at radius 2 is 1.93 bits per heavy atom. The van der Waals surface area contributed by atoms with Gasteiger partial charge in [0.2, 0.25) is 5.91 Å². The van der Waals surface area contributed by atoms with Crippen LogP contribution in [0.15, 0.2) is 60.8 Å². The lowest BCUT2D eigenvalue weighted by Gasteiger charge is -2.34. The summed E-state index contributed by atoms with van der Waals surface area (Å²) in [4.78, 5) is 18.0. The van der Waals surface area contributed by atoms with Gasteiger partial charge in [0.1, 0.15) is 6.17 Å². The average molecular weight is 376 g/mol. The van der Waals surface area contributed by atoms with Crippen LogP contribution in [-0.2, 0) is 11.2 Å². The van der Waals surface area contributed by atoms with Gasteiger partial charge in [0.15, 0.2) is 0 Å². The van der Waals surface area contributed by atoms with Gasteiger partial charge in [-0.05, 0) is 42.0 Å². The van der Waals surface area contributed by atoms with E-state index in [0.717, 1.165) is 34.0 Å². The van der Waals surface area contributed by atoms with Crippen LogP contribution in [0.2, 0.25) is 0 Å². The summed E-state index contributed by atoms with van der Waals surface area (Å²) in [6.45, 7) is 2.73. The Balaban J connectivity index is 1.44. The van der Waals surface area contributed by atoms with Crippen LogP contribution in [0.25, 0.3) is 22.0 Å². The van der Waals surface area contributed by atoms with Gasteiger partial charge in [-0.2, -0.15) is 0 Å². The van der Waals surface area contributed by atoms with Crippen LogP contribution < -0.4 is 0 Å². The maximum absolute atomic E-state index is 14.6. The monoisotopic (exact) mass is 376 g/mol. The summed E-state index contributed by atoms with van der Waals surface area (Å²) < 4.78 is 14.6. The van der Waals surface area contributed by atoms with Gasteiger partial charge in [-0.25, -0.2) is 4.39 Å². The van der Waals surface area contributed by atoms with Gasteiger partial charge in [0, 0.05) is 30.1 Å². The molecule has 0 aliphatic carbocycles. The van der Waals surface area contributed by atoms with Crippen molar-refractivity contribution in [3.63, 3.8) is 0 Å². The smallest absolute Gasteiger partial charge is 0.222 e. The number of nitrogens with zero attached hydrogens (tertiary/aromatic N) is 2. The van der Waals surface area contributed by atoms with Crippen molar-refractivity contribution in [3.05, 3.63) is 66.4 Å². The quantitative estimate of drug-likeness (QED) is 0.639. The van der Waals surface area contributed by atoms with Crippen LogP contribution in [-0.4, -0.2) is 35.1 Å². The number of piperidine rings is 1. The lowest BCUT2D eigenvalue weighted by molar-refractivity contribution is -0.133. The second-order valence-corrected chi connectivity index (χ2v) is 7.58. The minimum atomic E-state index is -0.950. The molecule has 0 radical (unpaired) electrons. The van der Waals surface area contributed by atoms with Crippen molar-refractivity contribution in [2.45, 2.75) is 32.4 Å². The van der Waals surface area contributed by atoms with Crippen molar-refractivity contribution in [2.75, 3.05) is 13.1 Å². The number of carbonyl (C=O) groups excluding carboxylic acids is 1. The molecule has 0 N–H and O–H groups in total. The summed E-state index contributed by atoms with van der Waals surface area (Å²) >= 11 is 0. The first kappa shape index (κ1) is 18.6. The van der Waals surface area contributed by atoms with Gasteiger partial charge in [-0.15, -0.1) is 0 Å². The van der Waals surface area contributed by atoms with E-state index in [1.54, 1.807) is 4.90 Å². The second kappa shape index (κ2) is 8.09. The van der Waals surface area contributed by atoms with Crippen molar-refractivity contribution < 1.29 is 9.18 Å². The van der Waals surface area contributed by atoms with E-state index in [9.17, 15) is 9.18 Å². The number of carbonyl (C=O) groups is 1. The molecule has 2 aromatic carbocycles. The van der Waals surface area contributed by atoms with Gasteiger partial charge < -0.3 is 4.90 Å². The first-order chi connectivity index (χ1) is 13.6. The van der Waals surface area contributed by atoms with E-state index in [4.69, 9.17) is 0 Å². The fourth-order valence-electron chi connectivity index (χ4n) is 4.00. The summed E-state index contributed by atoms with van der Waals surface area (Å²) in [6.07, 6.45) is 2.83. The van der Waals surface area contributed by atoms with Crippen LogP contribution >= 0.6 is 0 Å². The van der Waals surface area contributed by atoms with Gasteiger partial charge in [-0.1, -0.05) is 49.4 Å². The number of rotatable bonds is 4. The minimum absolute atomic E-state index is 0.0194. The number of likely N-dealkylation sites (tertiary alicyclic amines) is 1.